The minimum Gasteiger partial charge on any atom is -0.305 e. The van der Waals surface area contributed by atoms with Gasteiger partial charge in [0.25, 0.3) is 0 Å². The summed E-state index contributed by atoms with van der Waals surface area (Å²) >= 11 is 0. The Labute approximate surface area is 117 Å². The summed E-state index contributed by atoms with van der Waals surface area (Å²) in [7, 11) is 0. The Hall–Kier alpha value is -1.88. The average Bonchev–Trinajstić information content (AvgIpc) is 2.47. The molecule has 0 saturated carbocycles. The zero-order valence-electron chi connectivity index (χ0n) is 11.5. The molecular formula is C15H17F2N3. The van der Waals surface area contributed by atoms with Gasteiger partial charge in [0, 0.05) is 11.8 Å². The van der Waals surface area contributed by atoms with Crippen LogP contribution in [-0.2, 0) is 0 Å². The molecule has 5 heteroatoms. The van der Waals surface area contributed by atoms with Gasteiger partial charge in [-0.25, -0.2) is 18.7 Å². The van der Waals surface area contributed by atoms with E-state index in [2.05, 4.69) is 15.3 Å². The van der Waals surface area contributed by atoms with Gasteiger partial charge in [-0.2, -0.15) is 0 Å². The fourth-order valence-corrected chi connectivity index (χ4v) is 2.06. The first-order valence-corrected chi connectivity index (χ1v) is 6.59. The molecule has 0 spiro atoms. The zero-order valence-corrected chi connectivity index (χ0v) is 11.5. The lowest BCUT2D eigenvalue weighted by atomic mass is 9.99. The molecular weight excluding hydrogens is 260 g/mol. The van der Waals surface area contributed by atoms with Gasteiger partial charge >= 0.3 is 0 Å². The second-order valence-corrected chi connectivity index (χ2v) is 4.61. The van der Waals surface area contributed by atoms with Crippen molar-refractivity contribution in [3.63, 3.8) is 0 Å². The number of halogens is 2. The topological polar surface area (TPSA) is 37.8 Å². The molecule has 0 amide bonds. The highest BCUT2D eigenvalue weighted by Crippen LogP contribution is 2.27. The van der Waals surface area contributed by atoms with Crippen molar-refractivity contribution < 1.29 is 8.78 Å². The summed E-state index contributed by atoms with van der Waals surface area (Å²) in [6.45, 7) is 4.25. The summed E-state index contributed by atoms with van der Waals surface area (Å²) in [5.41, 5.74) is 0.979. The molecule has 0 saturated heterocycles. The fraction of sp³-hybridized carbons (Fsp3) is 0.333. The van der Waals surface area contributed by atoms with Crippen molar-refractivity contribution in [2.24, 2.45) is 0 Å². The highest BCUT2D eigenvalue weighted by molar-refractivity contribution is 5.33. The van der Waals surface area contributed by atoms with E-state index >= 15 is 0 Å². The van der Waals surface area contributed by atoms with Crippen molar-refractivity contribution in [1.29, 1.82) is 0 Å². The van der Waals surface area contributed by atoms with Crippen LogP contribution in [0.5, 0.6) is 0 Å². The third kappa shape index (κ3) is 2.99. The Kier molecular flexibility index (Phi) is 4.74. The van der Waals surface area contributed by atoms with E-state index in [9.17, 15) is 8.78 Å². The quantitative estimate of drug-likeness (QED) is 0.912. The molecule has 0 fully saturated rings. The minimum atomic E-state index is -0.613. The van der Waals surface area contributed by atoms with Gasteiger partial charge in [0.05, 0.1) is 11.7 Å². The first-order chi connectivity index (χ1) is 9.65. The van der Waals surface area contributed by atoms with Crippen LogP contribution in [0.1, 0.15) is 36.2 Å². The lowest BCUT2D eigenvalue weighted by Gasteiger charge is -2.20. The first-order valence-electron chi connectivity index (χ1n) is 6.59. The van der Waals surface area contributed by atoms with E-state index < -0.39 is 17.7 Å². The standard InChI is InChI=1S/C15H17F2N3/c1-3-7-19-15(12-6-8-18-9-20-12)13-11(16)5-4-10(2)14(13)17/h4-6,8-9,15,19H,3,7H2,1-2H3. The highest BCUT2D eigenvalue weighted by atomic mass is 19.1. The largest absolute Gasteiger partial charge is 0.305 e. The molecule has 2 aromatic rings. The van der Waals surface area contributed by atoms with Crippen molar-refractivity contribution in [2.75, 3.05) is 6.54 Å². The third-order valence-electron chi connectivity index (χ3n) is 3.11. The molecule has 1 aromatic carbocycles. The van der Waals surface area contributed by atoms with Crippen LogP contribution in [0.3, 0.4) is 0 Å². The van der Waals surface area contributed by atoms with Crippen LogP contribution < -0.4 is 5.32 Å². The second kappa shape index (κ2) is 6.52. The van der Waals surface area contributed by atoms with Crippen LogP contribution >= 0.6 is 0 Å². The summed E-state index contributed by atoms with van der Waals surface area (Å²) in [6.07, 6.45) is 3.80. The van der Waals surface area contributed by atoms with Crippen molar-refractivity contribution in [3.8, 4) is 0 Å². The van der Waals surface area contributed by atoms with Gasteiger partial charge < -0.3 is 5.32 Å². The number of rotatable bonds is 5. The summed E-state index contributed by atoms with van der Waals surface area (Å²) in [6, 6.07) is 3.77. The predicted molar refractivity (Wildman–Crippen MR) is 73.3 cm³/mol. The average molecular weight is 277 g/mol. The van der Waals surface area contributed by atoms with E-state index in [-0.39, 0.29) is 5.56 Å². The molecule has 2 rings (SSSR count). The molecule has 0 aliphatic carbocycles. The molecule has 1 N–H and O–H groups in total. The Bertz CT molecular complexity index is 573. The van der Waals surface area contributed by atoms with Crippen LogP contribution in [0.15, 0.2) is 30.7 Å². The van der Waals surface area contributed by atoms with Gasteiger partial charge in [0.15, 0.2) is 0 Å². The maximum atomic E-state index is 14.3. The third-order valence-corrected chi connectivity index (χ3v) is 3.11. The second-order valence-electron chi connectivity index (χ2n) is 4.61. The maximum Gasteiger partial charge on any atom is 0.134 e. The fourth-order valence-electron chi connectivity index (χ4n) is 2.06. The molecule has 0 radical (unpaired) electrons. The molecule has 1 atom stereocenters. The van der Waals surface area contributed by atoms with Crippen LogP contribution in [0.2, 0.25) is 0 Å². The normalized spacial score (nSPS) is 12.4. The Morgan fingerprint density at radius 2 is 2.05 bits per heavy atom. The zero-order chi connectivity index (χ0) is 14.5. The molecule has 1 unspecified atom stereocenters. The van der Waals surface area contributed by atoms with Gasteiger partial charge in [-0.05, 0) is 37.6 Å². The molecule has 20 heavy (non-hydrogen) atoms. The Morgan fingerprint density at radius 3 is 2.70 bits per heavy atom. The first kappa shape index (κ1) is 14.5. The van der Waals surface area contributed by atoms with E-state index in [4.69, 9.17) is 0 Å². The molecule has 0 aliphatic rings. The van der Waals surface area contributed by atoms with E-state index in [0.717, 1.165) is 6.42 Å². The number of hydrogen-bond donors (Lipinski definition) is 1. The minimum absolute atomic E-state index is 0.0113. The number of hydrogen-bond acceptors (Lipinski definition) is 3. The summed E-state index contributed by atoms with van der Waals surface area (Å²) in [5.74, 6) is -1.10. The van der Waals surface area contributed by atoms with Gasteiger partial charge in [0.1, 0.15) is 18.0 Å². The summed E-state index contributed by atoms with van der Waals surface area (Å²) in [5, 5.41) is 3.14. The van der Waals surface area contributed by atoms with Crippen molar-refractivity contribution >= 4 is 0 Å². The SMILES string of the molecule is CCCNC(c1ccncn1)c1c(F)ccc(C)c1F. The monoisotopic (exact) mass is 277 g/mol. The molecule has 106 valence electrons. The van der Waals surface area contributed by atoms with Crippen molar-refractivity contribution in [2.45, 2.75) is 26.3 Å². The molecule has 1 aromatic heterocycles. The van der Waals surface area contributed by atoms with Gasteiger partial charge in [0.2, 0.25) is 0 Å². The van der Waals surface area contributed by atoms with E-state index in [0.29, 0.717) is 17.8 Å². The maximum absolute atomic E-state index is 14.3. The highest BCUT2D eigenvalue weighted by Gasteiger charge is 2.23. The molecule has 1 heterocycles. The van der Waals surface area contributed by atoms with Gasteiger partial charge in [-0.1, -0.05) is 13.0 Å². The van der Waals surface area contributed by atoms with Crippen molar-refractivity contribution in [3.05, 3.63) is 59.2 Å². The van der Waals surface area contributed by atoms with E-state index in [1.54, 1.807) is 19.2 Å². The lowest BCUT2D eigenvalue weighted by molar-refractivity contribution is 0.494. The van der Waals surface area contributed by atoms with Crippen LogP contribution in [0, 0.1) is 18.6 Å². The van der Waals surface area contributed by atoms with Gasteiger partial charge in [-0.3, -0.25) is 0 Å². The van der Waals surface area contributed by atoms with Crippen molar-refractivity contribution in [1.82, 2.24) is 15.3 Å². The predicted octanol–water partition coefficient (Wildman–Crippen LogP) is 3.15. The Morgan fingerprint density at radius 1 is 1.25 bits per heavy atom. The van der Waals surface area contributed by atoms with E-state index in [1.807, 2.05) is 6.92 Å². The molecule has 0 aliphatic heterocycles. The van der Waals surface area contributed by atoms with Crippen LogP contribution in [0.25, 0.3) is 0 Å². The number of benzene rings is 1. The van der Waals surface area contributed by atoms with Gasteiger partial charge in [-0.15, -0.1) is 0 Å². The van der Waals surface area contributed by atoms with Crippen LogP contribution in [0.4, 0.5) is 8.78 Å². The van der Waals surface area contributed by atoms with E-state index in [1.165, 1.54) is 18.5 Å². The number of nitrogens with one attached hydrogen (secondary N) is 1. The summed E-state index contributed by atoms with van der Waals surface area (Å²) < 4.78 is 28.4. The molecule has 0 bridgehead atoms. The molecule has 3 nitrogen and oxygen atoms in total. The Balaban J connectivity index is 2.49. The number of aryl methyl sites for hydroxylation is 1. The number of nitrogens with zero attached hydrogens (tertiary/aromatic N) is 2. The smallest absolute Gasteiger partial charge is 0.134 e. The lowest BCUT2D eigenvalue weighted by Crippen LogP contribution is -2.26. The number of aromatic nitrogens is 2. The van der Waals surface area contributed by atoms with Crippen LogP contribution in [-0.4, -0.2) is 16.5 Å². The summed E-state index contributed by atoms with van der Waals surface area (Å²) in [4.78, 5) is 7.95.